The number of pyridine rings is 1. The average Bonchev–Trinajstić information content (AvgIpc) is 2.92. The third-order valence-corrected chi connectivity index (χ3v) is 4.17. The second-order valence-corrected chi connectivity index (χ2v) is 5.96. The molecule has 0 amide bonds. The number of hydrogen-bond donors (Lipinski definition) is 1. The molecule has 0 spiro atoms. The Morgan fingerprint density at radius 2 is 2.06 bits per heavy atom. The topological polar surface area (TPSA) is 48.0 Å². The summed E-state index contributed by atoms with van der Waals surface area (Å²) in [5.74, 6) is 1.14. The van der Waals surface area contributed by atoms with Crippen molar-refractivity contribution < 1.29 is 0 Å². The van der Waals surface area contributed by atoms with Gasteiger partial charge in [-0.2, -0.15) is 0 Å². The summed E-state index contributed by atoms with van der Waals surface area (Å²) in [7, 11) is 0. The molecule has 3 heteroatoms. The Balaban J connectivity index is 2.09. The molecule has 0 radical (unpaired) electrons. The van der Waals surface area contributed by atoms with Crippen LogP contribution in [0.2, 0.25) is 0 Å². The number of nitrogens with two attached hydrogens (primary N) is 1. The Bertz CT molecular complexity index is 670. The maximum Gasteiger partial charge on any atom is 0.259 e. The van der Waals surface area contributed by atoms with Gasteiger partial charge in [0.2, 0.25) is 0 Å². The van der Waals surface area contributed by atoms with E-state index in [0.717, 1.165) is 17.3 Å². The minimum Gasteiger partial charge on any atom is -0.385 e. The van der Waals surface area contributed by atoms with Gasteiger partial charge in [0.25, 0.3) is 5.56 Å². The van der Waals surface area contributed by atoms with Gasteiger partial charge >= 0.3 is 0 Å². The van der Waals surface area contributed by atoms with E-state index in [0.29, 0.717) is 17.2 Å². The fourth-order valence-corrected chi connectivity index (χ4v) is 2.61. The monoisotopic (exact) mass is 242 g/mol. The second-order valence-electron chi connectivity index (χ2n) is 5.96. The molecule has 1 aromatic heterocycles. The Hall–Kier alpha value is -1.77. The van der Waals surface area contributed by atoms with Crippen LogP contribution in [0.3, 0.4) is 0 Å². The number of hydrogen-bond acceptors (Lipinski definition) is 2. The van der Waals surface area contributed by atoms with Gasteiger partial charge in [0, 0.05) is 11.9 Å². The first-order valence-corrected chi connectivity index (χ1v) is 6.37. The third kappa shape index (κ3) is 1.70. The van der Waals surface area contributed by atoms with Crippen molar-refractivity contribution in [1.29, 1.82) is 0 Å². The Labute approximate surface area is 106 Å². The highest BCUT2D eigenvalue weighted by molar-refractivity contribution is 5.83. The number of nitrogens with zero attached hydrogens (tertiary/aromatic N) is 1. The van der Waals surface area contributed by atoms with E-state index in [9.17, 15) is 4.79 Å². The SMILES string of the molecule is CC1(C)CC1Cn1c(N)cc2ccccc2c1=O. The first-order valence-electron chi connectivity index (χ1n) is 6.37. The highest BCUT2D eigenvalue weighted by Crippen LogP contribution is 2.52. The van der Waals surface area contributed by atoms with Crippen LogP contribution in [0.5, 0.6) is 0 Å². The molecule has 1 atom stereocenters. The molecule has 1 heterocycles. The van der Waals surface area contributed by atoms with Crippen molar-refractivity contribution >= 4 is 16.6 Å². The van der Waals surface area contributed by atoms with Gasteiger partial charge in [-0.15, -0.1) is 0 Å². The molecule has 3 rings (SSSR count). The predicted molar refractivity (Wildman–Crippen MR) is 74.5 cm³/mol. The van der Waals surface area contributed by atoms with Crippen molar-refractivity contribution in [3.8, 4) is 0 Å². The van der Waals surface area contributed by atoms with Crippen LogP contribution in [-0.4, -0.2) is 4.57 Å². The fourth-order valence-electron chi connectivity index (χ4n) is 2.61. The van der Waals surface area contributed by atoms with Gasteiger partial charge in [-0.3, -0.25) is 9.36 Å². The maximum atomic E-state index is 12.4. The van der Waals surface area contributed by atoms with Gasteiger partial charge in [0.05, 0.1) is 0 Å². The largest absolute Gasteiger partial charge is 0.385 e. The summed E-state index contributed by atoms with van der Waals surface area (Å²) in [4.78, 5) is 12.4. The van der Waals surface area contributed by atoms with Crippen LogP contribution in [0.15, 0.2) is 35.1 Å². The molecule has 1 aliphatic rings. The molecule has 18 heavy (non-hydrogen) atoms. The molecule has 1 saturated carbocycles. The van der Waals surface area contributed by atoms with Gasteiger partial charge in [-0.25, -0.2) is 0 Å². The van der Waals surface area contributed by atoms with Crippen LogP contribution in [0.25, 0.3) is 10.8 Å². The van der Waals surface area contributed by atoms with E-state index < -0.39 is 0 Å². The zero-order valence-electron chi connectivity index (χ0n) is 10.8. The van der Waals surface area contributed by atoms with Crippen LogP contribution in [0, 0.1) is 11.3 Å². The summed E-state index contributed by atoms with van der Waals surface area (Å²) < 4.78 is 1.72. The summed E-state index contributed by atoms with van der Waals surface area (Å²) >= 11 is 0. The number of aromatic nitrogens is 1. The number of benzene rings is 1. The Kier molecular flexibility index (Phi) is 2.27. The summed E-state index contributed by atoms with van der Waals surface area (Å²) in [6.07, 6.45) is 1.17. The number of anilines is 1. The van der Waals surface area contributed by atoms with E-state index in [1.54, 1.807) is 4.57 Å². The van der Waals surface area contributed by atoms with Crippen LogP contribution < -0.4 is 11.3 Å². The zero-order valence-corrected chi connectivity index (χ0v) is 10.8. The lowest BCUT2D eigenvalue weighted by molar-refractivity contribution is 0.496. The van der Waals surface area contributed by atoms with E-state index in [1.807, 2.05) is 30.3 Å². The standard InChI is InChI=1S/C15H18N2O/c1-15(2)8-11(15)9-17-13(16)7-10-5-3-4-6-12(10)14(17)18/h3-7,11H,8-9,16H2,1-2H3. The highest BCUT2D eigenvalue weighted by Gasteiger charge is 2.45. The molecule has 94 valence electrons. The average molecular weight is 242 g/mol. The first-order chi connectivity index (χ1) is 8.49. The normalized spacial score (nSPS) is 21.1. The lowest BCUT2D eigenvalue weighted by Gasteiger charge is -2.12. The van der Waals surface area contributed by atoms with Crippen molar-refractivity contribution in [2.75, 3.05) is 5.73 Å². The lowest BCUT2D eigenvalue weighted by Crippen LogP contribution is -2.24. The minimum atomic E-state index is 0.0355. The van der Waals surface area contributed by atoms with E-state index in [1.165, 1.54) is 6.42 Å². The van der Waals surface area contributed by atoms with Gasteiger partial charge in [0.15, 0.2) is 0 Å². The van der Waals surface area contributed by atoms with Crippen molar-refractivity contribution in [3.63, 3.8) is 0 Å². The molecule has 0 bridgehead atoms. The molecule has 1 fully saturated rings. The van der Waals surface area contributed by atoms with Gasteiger partial charge in [-0.05, 0) is 35.3 Å². The molecular weight excluding hydrogens is 224 g/mol. The van der Waals surface area contributed by atoms with E-state index in [-0.39, 0.29) is 5.56 Å². The smallest absolute Gasteiger partial charge is 0.259 e. The summed E-state index contributed by atoms with van der Waals surface area (Å²) in [5.41, 5.74) is 6.41. The molecule has 0 aliphatic heterocycles. The molecule has 3 nitrogen and oxygen atoms in total. The van der Waals surface area contributed by atoms with Crippen molar-refractivity contribution in [1.82, 2.24) is 4.57 Å². The minimum absolute atomic E-state index is 0.0355. The Morgan fingerprint density at radius 3 is 2.72 bits per heavy atom. The summed E-state index contributed by atoms with van der Waals surface area (Å²) in [6, 6.07) is 9.51. The first kappa shape index (κ1) is 11.3. The van der Waals surface area contributed by atoms with Gasteiger partial charge in [0.1, 0.15) is 5.82 Å². The van der Waals surface area contributed by atoms with Crippen LogP contribution >= 0.6 is 0 Å². The van der Waals surface area contributed by atoms with Crippen LogP contribution in [0.1, 0.15) is 20.3 Å². The number of fused-ring (bicyclic) bond motifs is 1. The maximum absolute atomic E-state index is 12.4. The van der Waals surface area contributed by atoms with E-state index in [4.69, 9.17) is 5.73 Å². The van der Waals surface area contributed by atoms with Crippen molar-refractivity contribution in [3.05, 3.63) is 40.7 Å². The number of rotatable bonds is 2. The van der Waals surface area contributed by atoms with Gasteiger partial charge in [-0.1, -0.05) is 32.0 Å². The molecular formula is C15H18N2O. The molecule has 1 unspecified atom stereocenters. The van der Waals surface area contributed by atoms with Crippen LogP contribution in [-0.2, 0) is 6.54 Å². The molecule has 0 saturated heterocycles. The Morgan fingerprint density at radius 1 is 1.39 bits per heavy atom. The highest BCUT2D eigenvalue weighted by atomic mass is 16.1. The van der Waals surface area contributed by atoms with Crippen molar-refractivity contribution in [2.24, 2.45) is 11.3 Å². The third-order valence-electron chi connectivity index (χ3n) is 4.17. The molecule has 1 aromatic carbocycles. The molecule has 2 aromatic rings. The number of nitrogen functional groups attached to an aromatic ring is 1. The van der Waals surface area contributed by atoms with Crippen LogP contribution in [0.4, 0.5) is 5.82 Å². The lowest BCUT2D eigenvalue weighted by atomic mass is 10.1. The van der Waals surface area contributed by atoms with Gasteiger partial charge < -0.3 is 5.73 Å². The van der Waals surface area contributed by atoms with E-state index in [2.05, 4.69) is 13.8 Å². The summed E-state index contributed by atoms with van der Waals surface area (Å²) in [5, 5.41) is 1.68. The summed E-state index contributed by atoms with van der Waals surface area (Å²) in [6.45, 7) is 5.21. The predicted octanol–water partition coefficient (Wildman–Crippen LogP) is 2.63. The second kappa shape index (κ2) is 3.61. The fraction of sp³-hybridized carbons (Fsp3) is 0.400. The zero-order chi connectivity index (χ0) is 12.9. The van der Waals surface area contributed by atoms with E-state index >= 15 is 0 Å². The quantitative estimate of drug-likeness (QED) is 0.880. The molecule has 1 aliphatic carbocycles. The molecule has 2 N–H and O–H groups in total. The van der Waals surface area contributed by atoms with Crippen molar-refractivity contribution in [2.45, 2.75) is 26.8 Å².